The third-order valence-electron chi connectivity index (χ3n) is 3.20. The predicted octanol–water partition coefficient (Wildman–Crippen LogP) is 1.54. The van der Waals surface area contributed by atoms with Crippen LogP contribution in [0.15, 0.2) is 6.07 Å². The number of nitrogens with one attached hydrogen (secondary N) is 1. The Morgan fingerprint density at radius 1 is 1.35 bits per heavy atom. The summed E-state index contributed by atoms with van der Waals surface area (Å²) >= 11 is 0. The van der Waals surface area contributed by atoms with Crippen LogP contribution in [0, 0.1) is 6.92 Å². The molecule has 1 N–H and O–H groups in total. The molecule has 1 aromatic rings. The second-order valence-electron chi connectivity index (χ2n) is 4.62. The van der Waals surface area contributed by atoms with Crippen LogP contribution in [0.1, 0.15) is 31.8 Å². The van der Waals surface area contributed by atoms with Crippen LogP contribution >= 0.6 is 0 Å². The highest BCUT2D eigenvalue weighted by molar-refractivity contribution is 5.42. The van der Waals surface area contributed by atoms with Crippen molar-refractivity contribution in [1.82, 2.24) is 15.3 Å². The van der Waals surface area contributed by atoms with Gasteiger partial charge in [-0.05, 0) is 19.8 Å². The van der Waals surface area contributed by atoms with Crippen molar-refractivity contribution in [2.24, 2.45) is 0 Å². The Balaban J connectivity index is 2.24. The van der Waals surface area contributed by atoms with Crippen molar-refractivity contribution in [3.63, 3.8) is 0 Å². The van der Waals surface area contributed by atoms with Gasteiger partial charge in [0.05, 0.1) is 6.04 Å². The van der Waals surface area contributed by atoms with E-state index in [-0.39, 0.29) is 0 Å². The van der Waals surface area contributed by atoms with Gasteiger partial charge >= 0.3 is 0 Å². The molecule has 0 radical (unpaired) electrons. The lowest BCUT2D eigenvalue weighted by atomic mass is 10.1. The van der Waals surface area contributed by atoms with Crippen LogP contribution in [0.2, 0.25) is 0 Å². The number of aromatic nitrogens is 2. The molecule has 0 atom stereocenters. The van der Waals surface area contributed by atoms with Crippen LogP contribution in [-0.2, 0) is 6.42 Å². The molecular formula is C13H22N4. The summed E-state index contributed by atoms with van der Waals surface area (Å²) in [6.45, 7) is 9.56. The fourth-order valence-electron chi connectivity index (χ4n) is 2.16. The average molecular weight is 234 g/mol. The topological polar surface area (TPSA) is 41.1 Å². The van der Waals surface area contributed by atoms with Crippen LogP contribution in [0.3, 0.4) is 0 Å². The zero-order chi connectivity index (χ0) is 12.3. The maximum absolute atomic E-state index is 4.59. The average Bonchev–Trinajstić information content (AvgIpc) is 2.25. The summed E-state index contributed by atoms with van der Waals surface area (Å²) in [6, 6.07) is 2.75. The quantitative estimate of drug-likeness (QED) is 0.839. The number of hydrogen-bond donors (Lipinski definition) is 1. The van der Waals surface area contributed by atoms with E-state index in [1.54, 1.807) is 0 Å². The largest absolute Gasteiger partial charge is 0.351 e. The Bertz CT molecular complexity index is 374. The fourth-order valence-corrected chi connectivity index (χ4v) is 2.16. The lowest BCUT2D eigenvalue weighted by molar-refractivity contribution is 0.410. The van der Waals surface area contributed by atoms with Gasteiger partial charge in [-0.1, -0.05) is 13.8 Å². The van der Waals surface area contributed by atoms with E-state index in [9.17, 15) is 0 Å². The van der Waals surface area contributed by atoms with Gasteiger partial charge in [0.2, 0.25) is 0 Å². The minimum atomic E-state index is 0.606. The Morgan fingerprint density at radius 3 is 2.65 bits per heavy atom. The molecule has 4 nitrogen and oxygen atoms in total. The first-order valence-corrected chi connectivity index (χ1v) is 6.56. The molecule has 0 unspecified atom stereocenters. The minimum Gasteiger partial charge on any atom is -0.351 e. The van der Waals surface area contributed by atoms with E-state index in [0.717, 1.165) is 49.8 Å². The first-order valence-electron chi connectivity index (χ1n) is 6.56. The van der Waals surface area contributed by atoms with E-state index in [2.05, 4.69) is 40.1 Å². The SMILES string of the molecule is CCCN(c1cc(CC)nc(C)n1)C1CNC1. The Kier molecular flexibility index (Phi) is 3.94. The molecule has 1 aromatic heterocycles. The molecule has 17 heavy (non-hydrogen) atoms. The summed E-state index contributed by atoms with van der Waals surface area (Å²) in [5.74, 6) is 1.98. The number of rotatable bonds is 5. The second-order valence-corrected chi connectivity index (χ2v) is 4.62. The second kappa shape index (κ2) is 5.45. The highest BCUT2D eigenvalue weighted by atomic mass is 15.3. The lowest BCUT2D eigenvalue weighted by Crippen LogP contribution is -2.57. The fraction of sp³-hybridized carbons (Fsp3) is 0.692. The first-order chi connectivity index (χ1) is 8.24. The smallest absolute Gasteiger partial charge is 0.132 e. The first kappa shape index (κ1) is 12.3. The van der Waals surface area contributed by atoms with E-state index in [0.29, 0.717) is 6.04 Å². The molecule has 1 fully saturated rings. The molecule has 1 aliphatic heterocycles. The van der Waals surface area contributed by atoms with Crippen LogP contribution in [-0.4, -0.2) is 35.6 Å². The molecule has 1 saturated heterocycles. The van der Waals surface area contributed by atoms with Gasteiger partial charge in [-0.3, -0.25) is 0 Å². The van der Waals surface area contributed by atoms with E-state index >= 15 is 0 Å². The van der Waals surface area contributed by atoms with Crippen molar-refractivity contribution in [2.45, 2.75) is 39.7 Å². The maximum Gasteiger partial charge on any atom is 0.132 e. The molecule has 1 aliphatic rings. The summed E-state index contributed by atoms with van der Waals surface area (Å²) in [7, 11) is 0. The molecule has 0 spiro atoms. The predicted molar refractivity (Wildman–Crippen MR) is 70.4 cm³/mol. The van der Waals surface area contributed by atoms with Crippen LogP contribution < -0.4 is 10.2 Å². The number of anilines is 1. The summed E-state index contributed by atoms with van der Waals surface area (Å²) < 4.78 is 0. The Hall–Kier alpha value is -1.16. The molecule has 0 bridgehead atoms. The molecular weight excluding hydrogens is 212 g/mol. The molecule has 4 heteroatoms. The highest BCUT2D eigenvalue weighted by Gasteiger charge is 2.25. The lowest BCUT2D eigenvalue weighted by Gasteiger charge is -2.39. The zero-order valence-electron chi connectivity index (χ0n) is 11.0. The molecule has 94 valence electrons. The van der Waals surface area contributed by atoms with Gasteiger partial charge in [-0.15, -0.1) is 0 Å². The molecule has 2 heterocycles. The molecule has 0 aromatic carbocycles. The van der Waals surface area contributed by atoms with E-state index in [4.69, 9.17) is 0 Å². The van der Waals surface area contributed by atoms with Gasteiger partial charge in [0.1, 0.15) is 11.6 Å². The summed E-state index contributed by atoms with van der Waals surface area (Å²) in [6.07, 6.45) is 2.13. The van der Waals surface area contributed by atoms with E-state index < -0.39 is 0 Å². The molecule has 0 aliphatic carbocycles. The van der Waals surface area contributed by atoms with E-state index in [1.807, 2.05) is 6.92 Å². The monoisotopic (exact) mass is 234 g/mol. The van der Waals surface area contributed by atoms with Gasteiger partial charge in [0, 0.05) is 31.4 Å². The van der Waals surface area contributed by atoms with Crippen LogP contribution in [0.5, 0.6) is 0 Å². The minimum absolute atomic E-state index is 0.606. The number of nitrogens with zero attached hydrogens (tertiary/aromatic N) is 3. The molecule has 2 rings (SSSR count). The van der Waals surface area contributed by atoms with Gasteiger partial charge in [0.15, 0.2) is 0 Å². The van der Waals surface area contributed by atoms with Gasteiger partial charge in [0.25, 0.3) is 0 Å². The van der Waals surface area contributed by atoms with Gasteiger partial charge in [-0.25, -0.2) is 9.97 Å². The van der Waals surface area contributed by atoms with Gasteiger partial charge < -0.3 is 10.2 Å². The van der Waals surface area contributed by atoms with Crippen molar-refractivity contribution in [2.75, 3.05) is 24.5 Å². The summed E-state index contributed by atoms with van der Waals surface area (Å²) in [4.78, 5) is 11.5. The van der Waals surface area contributed by atoms with Crippen molar-refractivity contribution in [3.8, 4) is 0 Å². The highest BCUT2D eigenvalue weighted by Crippen LogP contribution is 2.18. The molecule has 0 saturated carbocycles. The third-order valence-corrected chi connectivity index (χ3v) is 3.20. The van der Waals surface area contributed by atoms with Crippen molar-refractivity contribution >= 4 is 5.82 Å². The normalized spacial score (nSPS) is 15.7. The standard InChI is InChI=1S/C13H22N4/c1-4-6-17(12-8-14-9-12)13-7-11(5-2)15-10(3)16-13/h7,12,14H,4-6,8-9H2,1-3H3. The van der Waals surface area contributed by atoms with Crippen molar-refractivity contribution in [1.29, 1.82) is 0 Å². The summed E-state index contributed by atoms with van der Waals surface area (Å²) in [5, 5.41) is 3.33. The maximum atomic E-state index is 4.59. The number of aryl methyl sites for hydroxylation is 2. The Labute approximate surface area is 103 Å². The third kappa shape index (κ3) is 2.75. The zero-order valence-corrected chi connectivity index (χ0v) is 11.0. The van der Waals surface area contributed by atoms with Crippen molar-refractivity contribution < 1.29 is 0 Å². The molecule has 0 amide bonds. The van der Waals surface area contributed by atoms with Crippen LogP contribution in [0.25, 0.3) is 0 Å². The number of hydrogen-bond acceptors (Lipinski definition) is 4. The van der Waals surface area contributed by atoms with Crippen LogP contribution in [0.4, 0.5) is 5.82 Å². The summed E-state index contributed by atoms with van der Waals surface area (Å²) in [5.41, 5.74) is 1.14. The van der Waals surface area contributed by atoms with Crippen molar-refractivity contribution in [3.05, 3.63) is 17.6 Å². The van der Waals surface area contributed by atoms with Gasteiger partial charge in [-0.2, -0.15) is 0 Å². The van der Waals surface area contributed by atoms with E-state index in [1.165, 1.54) is 0 Å². The Morgan fingerprint density at radius 2 is 2.12 bits per heavy atom.